The van der Waals surface area contributed by atoms with Crippen molar-refractivity contribution in [3.05, 3.63) is 0 Å². The molecule has 0 unspecified atom stereocenters. The molecule has 1 saturated heterocycles. The van der Waals surface area contributed by atoms with E-state index in [1.165, 1.54) is 21.3 Å². The molecular weight excluding hydrogens is 295 g/mol. The highest BCUT2D eigenvalue weighted by Gasteiger charge is 2.93. The fourth-order valence-corrected chi connectivity index (χ4v) is 5.53. The highest BCUT2D eigenvalue weighted by molar-refractivity contribution is 6.44. The first kappa shape index (κ1) is 14.0. The Balaban J connectivity index is 2.30. The number of fused-ring (bicyclic) bond motifs is 1. The van der Waals surface area contributed by atoms with E-state index in [1.807, 2.05) is 0 Å². The van der Waals surface area contributed by atoms with Gasteiger partial charge in [0.2, 0.25) is 11.6 Å². The van der Waals surface area contributed by atoms with Gasteiger partial charge in [-0.15, -0.1) is 23.2 Å². The summed E-state index contributed by atoms with van der Waals surface area (Å²) >= 11 is 13.4. The molecule has 108 valence electrons. The lowest BCUT2D eigenvalue weighted by Gasteiger charge is -2.49. The molecule has 3 aliphatic rings. The number of alkyl halides is 2. The molecule has 1 aliphatic heterocycles. The van der Waals surface area contributed by atoms with Gasteiger partial charge in [-0.1, -0.05) is 0 Å². The number of ether oxygens (including phenoxy) is 4. The zero-order chi connectivity index (χ0) is 14.1. The average molecular weight is 311 g/mol. The van der Waals surface area contributed by atoms with Crippen molar-refractivity contribution in [1.82, 2.24) is 0 Å². The van der Waals surface area contributed by atoms with Gasteiger partial charge in [0.1, 0.15) is 0 Å². The minimum atomic E-state index is -1.61. The van der Waals surface area contributed by atoms with Gasteiger partial charge in [0.25, 0.3) is 5.79 Å². The Morgan fingerprint density at radius 2 is 1.84 bits per heavy atom. The first-order chi connectivity index (χ1) is 8.90. The van der Waals surface area contributed by atoms with Gasteiger partial charge in [0, 0.05) is 21.3 Å². The van der Waals surface area contributed by atoms with E-state index < -0.39 is 27.1 Å². The van der Waals surface area contributed by atoms with Crippen LogP contribution >= 0.6 is 23.2 Å². The van der Waals surface area contributed by atoms with E-state index in [-0.39, 0.29) is 5.92 Å². The molecule has 3 rings (SSSR count). The molecule has 0 N–H and O–H groups in total. The minimum absolute atomic E-state index is 0.0713. The summed E-state index contributed by atoms with van der Waals surface area (Å²) in [6.45, 7) is 0.398. The highest BCUT2D eigenvalue weighted by atomic mass is 35.5. The normalized spacial score (nSPS) is 50.8. The predicted octanol–water partition coefficient (Wildman–Crippen LogP) is 1.30. The van der Waals surface area contributed by atoms with Gasteiger partial charge in [-0.2, -0.15) is 0 Å². The molecule has 0 radical (unpaired) electrons. The van der Waals surface area contributed by atoms with Crippen molar-refractivity contribution in [2.45, 2.75) is 34.2 Å². The summed E-state index contributed by atoms with van der Waals surface area (Å²) in [5, 5.41) is 0. The summed E-state index contributed by atoms with van der Waals surface area (Å²) in [7, 11) is 4.25. The second-order valence-electron chi connectivity index (χ2n) is 5.23. The fraction of sp³-hybridized carbons (Fsp3) is 0.917. The number of carbonyl (C=O) groups is 1. The van der Waals surface area contributed by atoms with E-state index in [0.717, 1.165) is 0 Å². The molecular formula is C12H16Cl2O5. The summed E-state index contributed by atoms with van der Waals surface area (Å²) in [6, 6.07) is 0. The maximum atomic E-state index is 12.8. The third kappa shape index (κ3) is 1.07. The van der Waals surface area contributed by atoms with Crippen molar-refractivity contribution in [2.24, 2.45) is 5.92 Å². The van der Waals surface area contributed by atoms with Crippen LogP contribution in [0.25, 0.3) is 0 Å². The van der Waals surface area contributed by atoms with E-state index in [9.17, 15) is 4.79 Å². The maximum Gasteiger partial charge on any atom is 0.256 e. The number of ketones is 1. The van der Waals surface area contributed by atoms with Crippen molar-refractivity contribution in [3.63, 3.8) is 0 Å². The number of rotatable bonds is 3. The van der Waals surface area contributed by atoms with Gasteiger partial charge in [0.05, 0.1) is 6.61 Å². The summed E-state index contributed by atoms with van der Waals surface area (Å²) < 4.78 is 22.0. The third-order valence-electron chi connectivity index (χ3n) is 4.86. The van der Waals surface area contributed by atoms with Crippen LogP contribution in [-0.2, 0) is 23.7 Å². The van der Waals surface area contributed by atoms with Crippen molar-refractivity contribution in [2.75, 3.05) is 27.9 Å². The third-order valence-corrected chi connectivity index (χ3v) is 6.24. The number of halogens is 2. The maximum absolute atomic E-state index is 12.8. The SMILES string of the molecule is COC1(OC)[C@@]2(Cl)C[C@@H]3CCO[C@](OC)(C2=O)[C@@]31Cl. The number of hydrogen-bond donors (Lipinski definition) is 0. The molecule has 4 atom stereocenters. The fourth-order valence-electron chi connectivity index (χ4n) is 4.15. The summed E-state index contributed by atoms with van der Waals surface area (Å²) in [6.07, 6.45) is 1.08. The molecule has 0 aromatic heterocycles. The Kier molecular flexibility index (Phi) is 2.84. The number of hydrogen-bond acceptors (Lipinski definition) is 5. The minimum Gasteiger partial charge on any atom is -0.350 e. The molecule has 2 bridgehead atoms. The van der Waals surface area contributed by atoms with Gasteiger partial charge in [-0.3, -0.25) is 4.79 Å². The van der Waals surface area contributed by atoms with E-state index in [0.29, 0.717) is 19.4 Å². The van der Waals surface area contributed by atoms with Crippen molar-refractivity contribution < 1.29 is 23.7 Å². The molecule has 19 heavy (non-hydrogen) atoms. The lowest BCUT2D eigenvalue weighted by molar-refractivity contribution is -0.298. The first-order valence-corrected chi connectivity index (χ1v) is 6.88. The Morgan fingerprint density at radius 1 is 1.21 bits per heavy atom. The van der Waals surface area contributed by atoms with Crippen LogP contribution in [0.4, 0.5) is 0 Å². The van der Waals surface area contributed by atoms with E-state index in [1.54, 1.807) is 0 Å². The molecule has 1 heterocycles. The van der Waals surface area contributed by atoms with Crippen LogP contribution in [0.5, 0.6) is 0 Å². The largest absolute Gasteiger partial charge is 0.350 e. The molecule has 7 heteroatoms. The molecule has 2 aliphatic carbocycles. The quantitative estimate of drug-likeness (QED) is 0.581. The molecule has 0 aromatic rings. The molecule has 2 saturated carbocycles. The van der Waals surface area contributed by atoms with Crippen LogP contribution in [0.3, 0.4) is 0 Å². The van der Waals surface area contributed by atoms with Crippen LogP contribution in [0, 0.1) is 5.92 Å². The molecule has 0 amide bonds. The van der Waals surface area contributed by atoms with Crippen LogP contribution in [0.2, 0.25) is 0 Å². The highest BCUT2D eigenvalue weighted by Crippen LogP contribution is 2.72. The van der Waals surface area contributed by atoms with Gasteiger partial charge in [0.15, 0.2) is 9.75 Å². The standard InChI is InChI=1S/C12H16Cl2O5/c1-16-11-8(15)9(13)6-7(4-5-19-11)10(11,14)12(9,17-2)18-3/h7H,4-6H2,1-3H3/t7-,9+,10-,11+/m0/s1. The Morgan fingerprint density at radius 3 is 2.32 bits per heavy atom. The predicted molar refractivity (Wildman–Crippen MR) is 67.3 cm³/mol. The average Bonchev–Trinajstić information content (AvgIpc) is 2.68. The number of carbonyl (C=O) groups excluding carboxylic acids is 1. The monoisotopic (exact) mass is 310 g/mol. The van der Waals surface area contributed by atoms with Gasteiger partial charge in [-0.05, 0) is 18.8 Å². The zero-order valence-electron chi connectivity index (χ0n) is 11.0. The lowest BCUT2D eigenvalue weighted by Crippen LogP contribution is -2.67. The molecule has 0 spiro atoms. The number of Topliss-reactive ketones (excluding diaryl/α,β-unsaturated/α-hetero) is 1. The van der Waals surface area contributed by atoms with Crippen molar-refractivity contribution in [3.8, 4) is 0 Å². The van der Waals surface area contributed by atoms with Crippen LogP contribution in [-0.4, -0.2) is 55.0 Å². The Labute approximate surface area is 121 Å². The molecule has 0 aromatic carbocycles. The lowest BCUT2D eigenvalue weighted by atomic mass is 9.78. The van der Waals surface area contributed by atoms with E-state index in [4.69, 9.17) is 42.1 Å². The van der Waals surface area contributed by atoms with Crippen molar-refractivity contribution in [1.29, 1.82) is 0 Å². The Bertz CT molecular complexity index is 440. The first-order valence-electron chi connectivity index (χ1n) is 6.12. The smallest absolute Gasteiger partial charge is 0.256 e. The van der Waals surface area contributed by atoms with Crippen LogP contribution in [0.15, 0.2) is 0 Å². The van der Waals surface area contributed by atoms with Gasteiger partial charge >= 0.3 is 0 Å². The Hall–Kier alpha value is 0.0900. The summed E-state index contributed by atoms with van der Waals surface area (Å²) in [5.74, 6) is -3.55. The summed E-state index contributed by atoms with van der Waals surface area (Å²) in [5.41, 5.74) is 0. The van der Waals surface area contributed by atoms with Gasteiger partial charge in [-0.25, -0.2) is 0 Å². The topological polar surface area (TPSA) is 54.0 Å². The van der Waals surface area contributed by atoms with Gasteiger partial charge < -0.3 is 18.9 Å². The number of methoxy groups -OCH3 is 3. The second-order valence-corrected chi connectivity index (χ2v) is 6.47. The van der Waals surface area contributed by atoms with E-state index >= 15 is 0 Å². The summed E-state index contributed by atoms with van der Waals surface area (Å²) in [4.78, 5) is 10.1. The van der Waals surface area contributed by atoms with Crippen molar-refractivity contribution >= 4 is 29.0 Å². The van der Waals surface area contributed by atoms with Crippen LogP contribution < -0.4 is 0 Å². The molecule has 3 fully saturated rings. The zero-order valence-corrected chi connectivity index (χ0v) is 12.5. The molecule has 5 nitrogen and oxygen atoms in total. The van der Waals surface area contributed by atoms with Crippen LogP contribution in [0.1, 0.15) is 12.8 Å². The second kappa shape index (κ2) is 3.84. The van der Waals surface area contributed by atoms with E-state index in [2.05, 4.69) is 0 Å².